The fourth-order valence-corrected chi connectivity index (χ4v) is 7.94. The van der Waals surface area contributed by atoms with Crippen molar-refractivity contribution < 1.29 is 19.1 Å². The van der Waals surface area contributed by atoms with Crippen molar-refractivity contribution in [3.8, 4) is 0 Å². The lowest BCUT2D eigenvalue weighted by molar-refractivity contribution is -0.155. The van der Waals surface area contributed by atoms with Crippen LogP contribution < -0.4 is 0 Å². The van der Waals surface area contributed by atoms with Crippen LogP contribution >= 0.6 is 0 Å². The molecule has 3 fully saturated rings. The highest BCUT2D eigenvalue weighted by atomic mass is 16.6. The number of carbonyl (C=O) groups excluding carboxylic acids is 2. The largest absolute Gasteiger partial charge is 0.463 e. The van der Waals surface area contributed by atoms with Crippen molar-refractivity contribution in [1.29, 1.82) is 0 Å². The van der Waals surface area contributed by atoms with Crippen LogP contribution in [0.25, 0.3) is 0 Å². The molecule has 0 aliphatic heterocycles. The van der Waals surface area contributed by atoms with Crippen molar-refractivity contribution in [1.82, 2.24) is 0 Å². The molecule has 0 spiro atoms. The van der Waals surface area contributed by atoms with Gasteiger partial charge in [0, 0.05) is 13.3 Å². The summed E-state index contributed by atoms with van der Waals surface area (Å²) < 4.78 is 11.1. The summed E-state index contributed by atoms with van der Waals surface area (Å²) >= 11 is 0. The first kappa shape index (κ1) is 23.8. The highest BCUT2D eigenvalue weighted by molar-refractivity contribution is 5.69. The van der Waals surface area contributed by atoms with Gasteiger partial charge in [0.05, 0.1) is 0 Å². The highest BCUT2D eigenvalue weighted by Crippen LogP contribution is 2.62. The van der Waals surface area contributed by atoms with Gasteiger partial charge in [0.1, 0.15) is 11.7 Å². The van der Waals surface area contributed by atoms with E-state index in [2.05, 4.69) is 19.1 Å². The van der Waals surface area contributed by atoms with Crippen molar-refractivity contribution in [3.05, 3.63) is 12.2 Å². The number of fused-ring (bicyclic) bond motifs is 5. The number of ether oxygens (including phenoxy) is 2. The predicted octanol–water partition coefficient (Wildman–Crippen LogP) is 6.47. The topological polar surface area (TPSA) is 52.6 Å². The van der Waals surface area contributed by atoms with E-state index in [9.17, 15) is 9.59 Å². The van der Waals surface area contributed by atoms with E-state index < -0.39 is 0 Å². The lowest BCUT2D eigenvalue weighted by atomic mass is 9.48. The maximum atomic E-state index is 12.1. The van der Waals surface area contributed by atoms with Crippen LogP contribution in [-0.4, -0.2) is 23.6 Å². The molecule has 4 heteroatoms. The van der Waals surface area contributed by atoms with Crippen LogP contribution in [0.4, 0.5) is 0 Å². The molecule has 180 valence electrons. The summed E-state index contributed by atoms with van der Waals surface area (Å²) in [6.07, 6.45) is 16.5. The number of rotatable bonds is 5. The summed E-state index contributed by atoms with van der Waals surface area (Å²) in [6, 6.07) is 0. The lowest BCUT2D eigenvalue weighted by Crippen LogP contribution is -2.50. The van der Waals surface area contributed by atoms with E-state index in [-0.39, 0.29) is 23.6 Å². The Labute approximate surface area is 194 Å². The van der Waals surface area contributed by atoms with Crippen LogP contribution in [0, 0.1) is 40.9 Å². The zero-order valence-corrected chi connectivity index (χ0v) is 20.9. The van der Waals surface area contributed by atoms with Gasteiger partial charge in [-0.1, -0.05) is 19.1 Å². The first-order valence-corrected chi connectivity index (χ1v) is 13.1. The van der Waals surface area contributed by atoms with Gasteiger partial charge in [0.2, 0.25) is 0 Å². The van der Waals surface area contributed by atoms with Crippen LogP contribution in [0.5, 0.6) is 0 Å². The van der Waals surface area contributed by atoms with E-state index in [4.69, 9.17) is 9.47 Å². The molecule has 32 heavy (non-hydrogen) atoms. The van der Waals surface area contributed by atoms with Crippen molar-refractivity contribution >= 4 is 11.9 Å². The van der Waals surface area contributed by atoms with Crippen LogP contribution in [0.15, 0.2) is 12.2 Å². The van der Waals surface area contributed by atoms with Crippen molar-refractivity contribution in [2.24, 2.45) is 40.9 Å². The Morgan fingerprint density at radius 1 is 1.03 bits per heavy atom. The Bertz CT molecular complexity index is 734. The molecule has 8 atom stereocenters. The summed E-state index contributed by atoms with van der Waals surface area (Å²) in [5, 5.41) is 0. The van der Waals surface area contributed by atoms with Crippen molar-refractivity contribution in [3.63, 3.8) is 0 Å². The maximum absolute atomic E-state index is 12.1. The van der Waals surface area contributed by atoms with Crippen LogP contribution in [0.2, 0.25) is 0 Å². The molecule has 4 nitrogen and oxygen atoms in total. The van der Waals surface area contributed by atoms with Gasteiger partial charge < -0.3 is 9.47 Å². The van der Waals surface area contributed by atoms with Crippen LogP contribution in [0.3, 0.4) is 0 Å². The number of carbonyl (C=O) groups is 2. The summed E-state index contributed by atoms with van der Waals surface area (Å²) in [5.74, 6) is 4.23. The summed E-state index contributed by atoms with van der Waals surface area (Å²) in [5.41, 5.74) is -0.0290. The monoisotopic (exact) mass is 444 g/mol. The minimum absolute atomic E-state index is 0.0538. The molecule has 2 unspecified atom stereocenters. The number of hydrogen-bond donors (Lipinski definition) is 0. The van der Waals surface area contributed by atoms with Gasteiger partial charge >= 0.3 is 11.9 Å². The molecule has 0 saturated heterocycles. The second kappa shape index (κ2) is 9.14. The number of hydrogen-bond acceptors (Lipinski definition) is 4. The SMILES string of the molecule is CC(=O)O[C@@H]1CC[C@@]2(C)[C@H](CC[C@H]3[C@@H]4CCC(CCCC(=O)OC(C)(C)C)C4C=C[C@@H]32)C1. The van der Waals surface area contributed by atoms with Gasteiger partial charge in [0.15, 0.2) is 0 Å². The molecular formula is C28H44O4. The van der Waals surface area contributed by atoms with E-state index in [1.54, 1.807) is 6.92 Å². The molecule has 0 aromatic rings. The number of allylic oxidation sites excluding steroid dienone is 2. The molecule has 0 aromatic carbocycles. The smallest absolute Gasteiger partial charge is 0.306 e. The second-order valence-corrected chi connectivity index (χ2v) is 12.4. The molecule has 3 saturated carbocycles. The van der Waals surface area contributed by atoms with E-state index in [1.807, 2.05) is 20.8 Å². The Morgan fingerprint density at radius 3 is 2.50 bits per heavy atom. The van der Waals surface area contributed by atoms with Crippen LogP contribution in [0.1, 0.15) is 98.8 Å². The molecule has 0 N–H and O–H groups in total. The third kappa shape index (κ3) is 4.94. The van der Waals surface area contributed by atoms with Crippen LogP contribution in [-0.2, 0) is 19.1 Å². The van der Waals surface area contributed by atoms with Crippen molar-refractivity contribution in [2.45, 2.75) is 111 Å². The standard InChI is InChI=1S/C28H44O4/c1-18(29)31-21-15-16-28(5)20(17-21)10-12-24-23-11-9-19(22(23)13-14-25(24)28)7-6-8-26(30)32-27(2,3)4/h13-14,19-25H,6-12,15-17H2,1-5H3/t19?,20-,21-,22?,23-,24+,25+,28+/m1/s1. The van der Waals surface area contributed by atoms with Gasteiger partial charge in [-0.2, -0.15) is 0 Å². The zero-order chi connectivity index (χ0) is 23.1. The predicted molar refractivity (Wildman–Crippen MR) is 126 cm³/mol. The van der Waals surface area contributed by atoms with Gasteiger partial charge in [-0.25, -0.2) is 0 Å². The molecular weight excluding hydrogens is 400 g/mol. The Morgan fingerprint density at radius 2 is 1.78 bits per heavy atom. The molecule has 0 heterocycles. The normalized spacial score (nSPS) is 40.7. The van der Waals surface area contributed by atoms with E-state index in [0.717, 1.165) is 43.4 Å². The van der Waals surface area contributed by atoms with E-state index in [0.29, 0.717) is 29.6 Å². The quantitative estimate of drug-likeness (QED) is 0.360. The molecule has 0 bridgehead atoms. The zero-order valence-electron chi connectivity index (χ0n) is 20.9. The Hall–Kier alpha value is -1.32. The lowest BCUT2D eigenvalue weighted by Gasteiger charge is -2.57. The van der Waals surface area contributed by atoms with Crippen molar-refractivity contribution in [2.75, 3.05) is 0 Å². The highest BCUT2D eigenvalue weighted by Gasteiger charge is 2.55. The van der Waals surface area contributed by atoms with Gasteiger partial charge in [-0.15, -0.1) is 0 Å². The first-order valence-electron chi connectivity index (χ1n) is 13.1. The first-order chi connectivity index (χ1) is 15.1. The maximum Gasteiger partial charge on any atom is 0.306 e. The molecule has 4 aliphatic rings. The molecule has 4 rings (SSSR count). The van der Waals surface area contributed by atoms with Gasteiger partial charge in [-0.3, -0.25) is 9.59 Å². The molecule has 0 radical (unpaired) electrons. The van der Waals surface area contributed by atoms with E-state index >= 15 is 0 Å². The summed E-state index contributed by atoms with van der Waals surface area (Å²) in [4.78, 5) is 23.5. The summed E-state index contributed by atoms with van der Waals surface area (Å²) in [6.45, 7) is 9.88. The minimum atomic E-state index is -0.386. The third-order valence-corrected chi connectivity index (χ3v) is 9.26. The third-order valence-electron chi connectivity index (χ3n) is 9.26. The molecule has 0 aromatic heterocycles. The van der Waals surface area contributed by atoms with Gasteiger partial charge in [0.25, 0.3) is 0 Å². The average molecular weight is 445 g/mol. The van der Waals surface area contributed by atoms with Gasteiger partial charge in [-0.05, 0) is 119 Å². The summed E-state index contributed by atoms with van der Waals surface area (Å²) in [7, 11) is 0. The Balaban J connectivity index is 1.35. The fraction of sp³-hybridized carbons (Fsp3) is 0.857. The molecule has 4 aliphatic carbocycles. The second-order valence-electron chi connectivity index (χ2n) is 12.4. The van der Waals surface area contributed by atoms with E-state index in [1.165, 1.54) is 32.1 Å². The number of esters is 2. The Kier molecular flexibility index (Phi) is 6.81. The fourth-order valence-electron chi connectivity index (χ4n) is 7.94. The average Bonchev–Trinajstić information content (AvgIpc) is 3.10. The molecule has 0 amide bonds. The minimum Gasteiger partial charge on any atom is -0.463 e.